The van der Waals surface area contributed by atoms with Crippen molar-refractivity contribution >= 4 is 33.0 Å². The Morgan fingerprint density at radius 3 is 2.52 bits per heavy atom. The molecule has 0 spiro atoms. The number of rotatable bonds is 3. The van der Waals surface area contributed by atoms with Crippen LogP contribution in [-0.2, 0) is 10.0 Å². The number of nitrogens with one attached hydrogen (secondary N) is 1. The van der Waals surface area contributed by atoms with Crippen LogP contribution in [0.5, 0.6) is 0 Å². The summed E-state index contributed by atoms with van der Waals surface area (Å²) in [6.45, 7) is 3.18. The fraction of sp³-hybridized carbons (Fsp3) is 0.143. The van der Waals surface area contributed by atoms with Crippen LogP contribution in [-0.4, -0.2) is 8.42 Å². The molecular weight excluding hydrogens is 315 g/mol. The quantitative estimate of drug-likeness (QED) is 0.847. The van der Waals surface area contributed by atoms with E-state index < -0.39 is 15.8 Å². The second-order valence-corrected chi connectivity index (χ2v) is 6.77. The third-order valence-corrected chi connectivity index (χ3v) is 4.80. The minimum absolute atomic E-state index is 0.000440. The van der Waals surface area contributed by atoms with Crippen LogP contribution in [0.3, 0.4) is 0 Å². The molecule has 0 fully saturated rings. The number of hydrogen-bond donors (Lipinski definition) is 2. The zero-order chi connectivity index (χ0) is 15.8. The van der Waals surface area contributed by atoms with Crippen molar-refractivity contribution in [2.75, 3.05) is 10.5 Å². The summed E-state index contributed by atoms with van der Waals surface area (Å²) in [5.41, 5.74) is 6.63. The molecule has 21 heavy (non-hydrogen) atoms. The Balaban J connectivity index is 2.51. The molecule has 3 N–H and O–H groups in total. The van der Waals surface area contributed by atoms with Crippen molar-refractivity contribution in [2.45, 2.75) is 18.7 Å². The van der Waals surface area contributed by atoms with Gasteiger partial charge in [0.15, 0.2) is 0 Å². The summed E-state index contributed by atoms with van der Waals surface area (Å²) in [6, 6.07) is 7.23. The van der Waals surface area contributed by atoms with Gasteiger partial charge in [-0.15, -0.1) is 0 Å². The van der Waals surface area contributed by atoms with E-state index >= 15 is 0 Å². The van der Waals surface area contributed by atoms with Gasteiger partial charge in [0.25, 0.3) is 10.0 Å². The predicted octanol–water partition coefficient (Wildman–Crippen LogP) is 3.48. The van der Waals surface area contributed by atoms with Crippen molar-refractivity contribution in [3.63, 3.8) is 0 Å². The number of halogens is 2. The molecule has 2 aromatic rings. The van der Waals surface area contributed by atoms with E-state index in [9.17, 15) is 12.8 Å². The third-order valence-electron chi connectivity index (χ3n) is 2.97. The summed E-state index contributed by atoms with van der Waals surface area (Å²) in [5.74, 6) is -0.675. The molecule has 0 aliphatic carbocycles. The van der Waals surface area contributed by atoms with Crippen LogP contribution < -0.4 is 10.5 Å². The highest BCUT2D eigenvalue weighted by Gasteiger charge is 2.21. The van der Waals surface area contributed by atoms with E-state index in [4.69, 9.17) is 17.3 Å². The molecule has 7 heteroatoms. The van der Waals surface area contributed by atoms with E-state index in [1.54, 1.807) is 25.1 Å². The molecule has 0 saturated carbocycles. The largest absolute Gasteiger partial charge is 0.399 e. The Labute approximate surface area is 127 Å². The van der Waals surface area contributed by atoms with Crippen LogP contribution in [0.1, 0.15) is 11.1 Å². The number of anilines is 2. The molecule has 0 bridgehead atoms. The fourth-order valence-corrected chi connectivity index (χ4v) is 3.45. The zero-order valence-electron chi connectivity index (χ0n) is 11.4. The maximum absolute atomic E-state index is 13.7. The van der Waals surface area contributed by atoms with Crippen LogP contribution in [0, 0.1) is 19.7 Å². The molecule has 2 rings (SSSR count). The average Bonchev–Trinajstić information content (AvgIpc) is 2.37. The topological polar surface area (TPSA) is 72.2 Å². The summed E-state index contributed by atoms with van der Waals surface area (Å²) in [5, 5.41) is 0.256. The monoisotopic (exact) mass is 328 g/mol. The molecule has 0 heterocycles. The van der Waals surface area contributed by atoms with Gasteiger partial charge in [-0.2, -0.15) is 0 Å². The lowest BCUT2D eigenvalue weighted by Crippen LogP contribution is -2.15. The SMILES string of the molecule is Cc1ccc(Cl)c(NS(=O)(=O)c2cc(N)cc(F)c2C)c1. The van der Waals surface area contributed by atoms with Crippen LogP contribution in [0.2, 0.25) is 5.02 Å². The van der Waals surface area contributed by atoms with Crippen LogP contribution in [0.4, 0.5) is 15.8 Å². The maximum atomic E-state index is 13.7. The summed E-state index contributed by atoms with van der Waals surface area (Å²) >= 11 is 5.97. The molecule has 0 aliphatic rings. The lowest BCUT2D eigenvalue weighted by atomic mass is 10.2. The number of hydrogen-bond acceptors (Lipinski definition) is 3. The van der Waals surface area contributed by atoms with Gasteiger partial charge in [-0.3, -0.25) is 4.72 Å². The molecule has 0 radical (unpaired) electrons. The van der Waals surface area contributed by atoms with Gasteiger partial charge in [-0.05, 0) is 43.7 Å². The van der Waals surface area contributed by atoms with Crippen molar-refractivity contribution in [3.05, 3.63) is 52.3 Å². The lowest BCUT2D eigenvalue weighted by Gasteiger charge is -2.13. The number of nitrogen functional groups attached to an aromatic ring is 1. The van der Waals surface area contributed by atoms with Crippen molar-refractivity contribution in [1.82, 2.24) is 0 Å². The first kappa shape index (κ1) is 15.6. The Morgan fingerprint density at radius 2 is 1.86 bits per heavy atom. The molecule has 4 nitrogen and oxygen atoms in total. The highest BCUT2D eigenvalue weighted by atomic mass is 35.5. The Bertz CT molecular complexity index is 807. The first-order valence-electron chi connectivity index (χ1n) is 6.05. The van der Waals surface area contributed by atoms with Gasteiger partial charge in [0, 0.05) is 11.3 Å². The molecule has 0 aromatic heterocycles. The molecule has 0 aliphatic heterocycles. The average molecular weight is 329 g/mol. The van der Waals surface area contributed by atoms with Gasteiger partial charge in [0.05, 0.1) is 15.6 Å². The Kier molecular flexibility index (Phi) is 4.11. The van der Waals surface area contributed by atoms with Crippen molar-refractivity contribution in [3.8, 4) is 0 Å². The van der Waals surface area contributed by atoms with E-state index in [2.05, 4.69) is 4.72 Å². The van der Waals surface area contributed by atoms with Gasteiger partial charge in [0.2, 0.25) is 0 Å². The minimum atomic E-state index is -3.98. The first-order valence-corrected chi connectivity index (χ1v) is 7.91. The molecule has 2 aromatic carbocycles. The standard InChI is InChI=1S/C14H14ClFN2O2S/c1-8-3-4-11(15)13(5-8)18-21(19,20)14-7-10(17)6-12(16)9(14)2/h3-7,18H,17H2,1-2H3. The van der Waals surface area contributed by atoms with E-state index in [1.165, 1.54) is 13.0 Å². The van der Waals surface area contributed by atoms with Crippen LogP contribution in [0.25, 0.3) is 0 Å². The second kappa shape index (κ2) is 5.54. The smallest absolute Gasteiger partial charge is 0.262 e. The number of aryl methyl sites for hydroxylation is 1. The minimum Gasteiger partial charge on any atom is -0.399 e. The van der Waals surface area contributed by atoms with Crippen molar-refractivity contribution in [2.24, 2.45) is 0 Å². The van der Waals surface area contributed by atoms with Crippen molar-refractivity contribution < 1.29 is 12.8 Å². The molecule has 0 amide bonds. The summed E-state index contributed by atoms with van der Waals surface area (Å²) < 4.78 is 40.8. The van der Waals surface area contributed by atoms with E-state index in [0.29, 0.717) is 0 Å². The van der Waals surface area contributed by atoms with Crippen LogP contribution in [0.15, 0.2) is 35.2 Å². The summed E-state index contributed by atoms with van der Waals surface area (Å²) in [4.78, 5) is -0.211. The number of sulfonamides is 1. The molecule has 0 atom stereocenters. The molecule has 0 unspecified atom stereocenters. The van der Waals surface area contributed by atoms with E-state index in [-0.39, 0.29) is 26.9 Å². The van der Waals surface area contributed by atoms with Gasteiger partial charge in [0.1, 0.15) is 5.82 Å². The van der Waals surface area contributed by atoms with Crippen molar-refractivity contribution in [1.29, 1.82) is 0 Å². The van der Waals surface area contributed by atoms with Crippen LogP contribution >= 0.6 is 11.6 Å². The normalized spacial score (nSPS) is 11.4. The van der Waals surface area contributed by atoms with Gasteiger partial charge in [-0.1, -0.05) is 17.7 Å². The summed E-state index contributed by atoms with van der Waals surface area (Å²) in [6.07, 6.45) is 0. The number of nitrogens with two attached hydrogens (primary N) is 1. The Hall–Kier alpha value is -1.79. The van der Waals surface area contributed by atoms with E-state index in [1.807, 2.05) is 0 Å². The first-order chi connectivity index (χ1) is 9.70. The third kappa shape index (κ3) is 3.28. The highest BCUT2D eigenvalue weighted by molar-refractivity contribution is 7.92. The number of benzene rings is 2. The fourth-order valence-electron chi connectivity index (χ4n) is 1.87. The predicted molar refractivity (Wildman–Crippen MR) is 82.5 cm³/mol. The Morgan fingerprint density at radius 1 is 1.19 bits per heavy atom. The van der Waals surface area contributed by atoms with Gasteiger partial charge < -0.3 is 5.73 Å². The van der Waals surface area contributed by atoms with Gasteiger partial charge in [-0.25, -0.2) is 12.8 Å². The highest BCUT2D eigenvalue weighted by Crippen LogP contribution is 2.28. The molecule has 112 valence electrons. The molecular formula is C14H14ClFN2O2S. The summed E-state index contributed by atoms with van der Waals surface area (Å²) in [7, 11) is -3.98. The molecule has 0 saturated heterocycles. The lowest BCUT2D eigenvalue weighted by molar-refractivity contribution is 0.591. The van der Waals surface area contributed by atoms with E-state index in [0.717, 1.165) is 11.6 Å². The maximum Gasteiger partial charge on any atom is 0.262 e. The second-order valence-electron chi connectivity index (χ2n) is 4.71. The van der Waals surface area contributed by atoms with Gasteiger partial charge >= 0.3 is 0 Å². The zero-order valence-corrected chi connectivity index (χ0v) is 13.0.